The fraction of sp³-hybridized carbons (Fsp3) is 1.00. The van der Waals surface area contributed by atoms with Crippen molar-refractivity contribution in [2.75, 3.05) is 0 Å². The molecule has 0 aromatic heterocycles. The molecule has 0 spiro atoms. The molecule has 0 amide bonds. The highest BCUT2D eigenvalue weighted by Crippen LogP contribution is 2.30. The van der Waals surface area contributed by atoms with Crippen molar-refractivity contribution in [1.29, 1.82) is 0 Å². The second kappa shape index (κ2) is 3.92. The third-order valence-corrected chi connectivity index (χ3v) is 3.68. The first-order valence-corrected chi connectivity index (χ1v) is 8.58. The lowest BCUT2D eigenvalue weighted by Gasteiger charge is -2.27. The summed E-state index contributed by atoms with van der Waals surface area (Å²) in [5.74, 6) is 0.858. The van der Waals surface area contributed by atoms with Gasteiger partial charge in [0.05, 0.1) is 0 Å². The van der Waals surface area contributed by atoms with Crippen molar-refractivity contribution in [1.82, 2.24) is 0 Å². The quantitative estimate of drug-likeness (QED) is 0.614. The van der Waals surface area contributed by atoms with Gasteiger partial charge in [-0.25, -0.2) is 0 Å². The van der Waals surface area contributed by atoms with Crippen LogP contribution in [0, 0.1) is 5.92 Å². The van der Waals surface area contributed by atoms with Crippen LogP contribution in [0.4, 0.5) is 0 Å². The molecule has 1 unspecified atom stereocenters. The van der Waals surface area contributed by atoms with E-state index < -0.39 is 8.32 Å². The largest absolute Gasteiger partial charge is 0.415 e. The Morgan fingerprint density at radius 1 is 1.17 bits per heavy atom. The van der Waals surface area contributed by atoms with Gasteiger partial charge in [-0.05, 0) is 45.3 Å². The molecule has 1 atom stereocenters. The van der Waals surface area contributed by atoms with E-state index >= 15 is 0 Å². The summed E-state index contributed by atoms with van der Waals surface area (Å²) in [4.78, 5) is 0. The second-order valence-electron chi connectivity index (χ2n) is 4.98. The molecule has 0 aromatic rings. The average Bonchev–Trinajstić information content (AvgIpc) is 2.32. The van der Waals surface area contributed by atoms with E-state index in [1.54, 1.807) is 0 Å². The molecular formula is C10H22OSi. The summed E-state index contributed by atoms with van der Waals surface area (Å²) in [5, 5.41) is 0. The molecule has 0 bridgehead atoms. The van der Waals surface area contributed by atoms with E-state index in [0.29, 0.717) is 6.10 Å². The zero-order valence-electron chi connectivity index (χ0n) is 8.89. The molecule has 1 saturated carbocycles. The Morgan fingerprint density at radius 3 is 2.08 bits per heavy atom. The summed E-state index contributed by atoms with van der Waals surface area (Å²) in [6.45, 7) is 9.09. The van der Waals surface area contributed by atoms with Gasteiger partial charge in [-0.15, -0.1) is 0 Å². The molecule has 1 rings (SSSR count). The molecule has 1 aliphatic rings. The molecule has 1 fully saturated rings. The van der Waals surface area contributed by atoms with Crippen LogP contribution in [-0.4, -0.2) is 14.4 Å². The molecule has 0 aromatic carbocycles. The van der Waals surface area contributed by atoms with E-state index in [0.717, 1.165) is 5.92 Å². The van der Waals surface area contributed by atoms with Gasteiger partial charge >= 0.3 is 0 Å². The molecule has 1 aliphatic carbocycles. The van der Waals surface area contributed by atoms with Crippen LogP contribution in [0.25, 0.3) is 0 Å². The van der Waals surface area contributed by atoms with E-state index in [9.17, 15) is 0 Å². The Kier molecular flexibility index (Phi) is 3.35. The topological polar surface area (TPSA) is 9.23 Å². The lowest BCUT2D eigenvalue weighted by molar-refractivity contribution is 0.147. The fourth-order valence-corrected chi connectivity index (χ4v) is 3.39. The maximum absolute atomic E-state index is 6.06. The number of hydrogen-bond donors (Lipinski definition) is 0. The third kappa shape index (κ3) is 3.28. The van der Waals surface area contributed by atoms with Crippen molar-refractivity contribution < 1.29 is 4.43 Å². The van der Waals surface area contributed by atoms with E-state index in [-0.39, 0.29) is 0 Å². The van der Waals surface area contributed by atoms with E-state index in [2.05, 4.69) is 26.6 Å². The molecular weight excluding hydrogens is 164 g/mol. The molecule has 12 heavy (non-hydrogen) atoms. The second-order valence-corrected chi connectivity index (χ2v) is 9.44. The molecule has 0 N–H and O–H groups in total. The van der Waals surface area contributed by atoms with Crippen LogP contribution in [0.2, 0.25) is 19.6 Å². The number of hydrogen-bond acceptors (Lipinski definition) is 1. The molecule has 0 heterocycles. The first kappa shape index (κ1) is 10.3. The van der Waals surface area contributed by atoms with Crippen molar-refractivity contribution in [3.05, 3.63) is 0 Å². The summed E-state index contributed by atoms with van der Waals surface area (Å²) in [6.07, 6.45) is 6.14. The lowest BCUT2D eigenvalue weighted by atomic mass is 10.0. The highest BCUT2D eigenvalue weighted by Gasteiger charge is 2.26. The standard InChI is InChI=1S/C10H22OSi/c1-9(11-12(2,3)4)10-7-5-6-8-10/h9-10H,5-8H2,1-4H3. The molecule has 1 nitrogen and oxygen atoms in total. The predicted molar refractivity (Wildman–Crippen MR) is 55.9 cm³/mol. The zero-order chi connectivity index (χ0) is 9.19. The highest BCUT2D eigenvalue weighted by molar-refractivity contribution is 6.69. The van der Waals surface area contributed by atoms with Crippen LogP contribution in [0.5, 0.6) is 0 Å². The molecule has 0 radical (unpaired) electrons. The fourth-order valence-electron chi connectivity index (χ4n) is 2.08. The normalized spacial score (nSPS) is 23.0. The highest BCUT2D eigenvalue weighted by atomic mass is 28.4. The summed E-state index contributed by atoms with van der Waals surface area (Å²) >= 11 is 0. The van der Waals surface area contributed by atoms with Crippen LogP contribution in [0.15, 0.2) is 0 Å². The smallest absolute Gasteiger partial charge is 0.184 e. The van der Waals surface area contributed by atoms with Crippen molar-refractivity contribution in [3.63, 3.8) is 0 Å². The molecule has 2 heteroatoms. The Morgan fingerprint density at radius 2 is 1.67 bits per heavy atom. The zero-order valence-corrected chi connectivity index (χ0v) is 9.89. The van der Waals surface area contributed by atoms with E-state index in [1.165, 1.54) is 25.7 Å². The summed E-state index contributed by atoms with van der Waals surface area (Å²) in [7, 11) is -1.29. The van der Waals surface area contributed by atoms with Gasteiger partial charge in [0, 0.05) is 6.10 Å². The van der Waals surface area contributed by atoms with Crippen LogP contribution in [0.3, 0.4) is 0 Å². The minimum absolute atomic E-state index is 0.513. The Hall–Kier alpha value is 0.177. The van der Waals surface area contributed by atoms with Gasteiger partial charge in [0.15, 0.2) is 8.32 Å². The van der Waals surface area contributed by atoms with Crippen molar-refractivity contribution in [2.45, 2.75) is 58.4 Å². The predicted octanol–water partition coefficient (Wildman–Crippen LogP) is 3.42. The van der Waals surface area contributed by atoms with Crippen LogP contribution in [-0.2, 0) is 4.43 Å². The lowest BCUT2D eigenvalue weighted by Crippen LogP contribution is -2.33. The van der Waals surface area contributed by atoms with Crippen molar-refractivity contribution in [2.24, 2.45) is 5.92 Å². The van der Waals surface area contributed by atoms with Crippen molar-refractivity contribution >= 4 is 8.32 Å². The van der Waals surface area contributed by atoms with Gasteiger partial charge < -0.3 is 4.43 Å². The maximum atomic E-state index is 6.06. The third-order valence-electron chi connectivity index (χ3n) is 2.60. The van der Waals surface area contributed by atoms with Gasteiger partial charge in [-0.3, -0.25) is 0 Å². The van der Waals surface area contributed by atoms with Gasteiger partial charge in [0.25, 0.3) is 0 Å². The summed E-state index contributed by atoms with van der Waals surface area (Å²) < 4.78 is 6.06. The Bertz CT molecular complexity index is 133. The Labute approximate surface area is 77.6 Å². The minimum atomic E-state index is -1.29. The Balaban J connectivity index is 2.31. The van der Waals surface area contributed by atoms with E-state index in [4.69, 9.17) is 4.43 Å². The van der Waals surface area contributed by atoms with Gasteiger partial charge in [0.1, 0.15) is 0 Å². The van der Waals surface area contributed by atoms with Crippen LogP contribution >= 0.6 is 0 Å². The van der Waals surface area contributed by atoms with Gasteiger partial charge in [-0.2, -0.15) is 0 Å². The molecule has 72 valence electrons. The minimum Gasteiger partial charge on any atom is -0.415 e. The van der Waals surface area contributed by atoms with Crippen molar-refractivity contribution in [3.8, 4) is 0 Å². The summed E-state index contributed by atoms with van der Waals surface area (Å²) in [5.41, 5.74) is 0. The first-order valence-electron chi connectivity index (χ1n) is 5.17. The van der Waals surface area contributed by atoms with Crippen LogP contribution < -0.4 is 0 Å². The average molecular weight is 186 g/mol. The van der Waals surface area contributed by atoms with Crippen LogP contribution in [0.1, 0.15) is 32.6 Å². The van der Waals surface area contributed by atoms with Gasteiger partial charge in [-0.1, -0.05) is 12.8 Å². The first-order chi connectivity index (χ1) is 5.49. The monoisotopic (exact) mass is 186 g/mol. The van der Waals surface area contributed by atoms with E-state index in [1.807, 2.05) is 0 Å². The maximum Gasteiger partial charge on any atom is 0.184 e. The number of rotatable bonds is 3. The van der Waals surface area contributed by atoms with Gasteiger partial charge in [0.2, 0.25) is 0 Å². The summed E-state index contributed by atoms with van der Waals surface area (Å²) in [6, 6.07) is 0. The molecule has 0 saturated heterocycles. The SMILES string of the molecule is CC(O[Si](C)(C)C)C1CCCC1. The molecule has 0 aliphatic heterocycles.